The van der Waals surface area contributed by atoms with Gasteiger partial charge in [-0.3, -0.25) is 0 Å². The second-order valence-corrected chi connectivity index (χ2v) is 15.9. The van der Waals surface area contributed by atoms with Crippen LogP contribution >= 0.6 is 0 Å². The lowest BCUT2D eigenvalue weighted by molar-refractivity contribution is -0.137. The van der Waals surface area contributed by atoms with E-state index in [9.17, 15) is 44.7 Å². The smallest absolute Gasteiger partial charge is 0.308 e. The summed E-state index contributed by atoms with van der Waals surface area (Å²) in [5.74, 6) is 0. The van der Waals surface area contributed by atoms with Gasteiger partial charge in [-0.25, -0.2) is 0 Å². The van der Waals surface area contributed by atoms with E-state index in [1.807, 2.05) is 94.1 Å². The minimum absolute atomic E-state index is 0.0632. The number of aromatic nitrogens is 2. The molecule has 0 radical (unpaired) electrons. The molecule has 11 heteroatoms. The lowest BCUT2D eigenvalue weighted by Gasteiger charge is -2.21. The van der Waals surface area contributed by atoms with Crippen LogP contribution in [-0.4, -0.2) is 9.13 Å². The number of allylic oxidation sites excluding steroid dienone is 6. The van der Waals surface area contributed by atoms with Crippen molar-refractivity contribution in [3.05, 3.63) is 189 Å². The minimum Gasteiger partial charge on any atom is -0.308 e. The molecule has 0 atom stereocenters. The first kappa shape index (κ1) is 40.4. The van der Waals surface area contributed by atoms with Gasteiger partial charge in [0.1, 0.15) is 11.6 Å². The topological polar surface area (TPSA) is 153 Å². The van der Waals surface area contributed by atoms with Gasteiger partial charge in [0, 0.05) is 33.7 Å². The maximum atomic E-state index is 14.6. The van der Waals surface area contributed by atoms with Gasteiger partial charge in [-0.05, 0) is 118 Å². The monoisotopic (exact) mass is 856 g/mol. The number of nitriles is 6. The Morgan fingerprint density at radius 3 is 2.00 bits per heavy atom. The highest BCUT2D eigenvalue weighted by atomic mass is 19.4. The van der Waals surface area contributed by atoms with E-state index in [2.05, 4.69) is 30.3 Å². The van der Waals surface area contributed by atoms with E-state index in [1.165, 1.54) is 12.1 Å². The average Bonchev–Trinajstić information content (AvgIpc) is 3.86. The zero-order chi connectivity index (χ0) is 45.9. The van der Waals surface area contributed by atoms with E-state index in [4.69, 9.17) is 0 Å². The van der Waals surface area contributed by atoms with Crippen LogP contribution in [0.3, 0.4) is 0 Å². The summed E-state index contributed by atoms with van der Waals surface area (Å²) < 4.78 is 47.6. The Bertz CT molecular complexity index is 3970. The van der Waals surface area contributed by atoms with E-state index >= 15 is 0 Å². The van der Waals surface area contributed by atoms with Gasteiger partial charge < -0.3 is 9.13 Å². The molecule has 2 heterocycles. The molecular weight excluding hydrogens is 830 g/mol. The van der Waals surface area contributed by atoms with E-state index < -0.39 is 11.7 Å². The van der Waals surface area contributed by atoms with Gasteiger partial charge in [0.2, 0.25) is 0 Å². The molecule has 0 amide bonds. The van der Waals surface area contributed by atoms with Crippen molar-refractivity contribution in [2.75, 3.05) is 0 Å². The standard InChI is InChI=1S/C55H27F3N8/c56-55(57,58)42-22-36(30-63)21-41(23-42)43-13-14-51(65-49-7-3-1-5-44(49)46-11-9-37(24-52(46)65)39-17-32(26-59)15-33(18-39)27-60)48(31-64)54(43)66-50-8-4-2-6-45(50)47-12-10-38(25-53(47)66)40-19-34(28-61)16-35(20-40)29-62/h1-4,6-17,19-25H,5,18H2. The lowest BCUT2D eigenvalue weighted by Crippen LogP contribution is -2.20. The first-order chi connectivity index (χ1) is 32.0. The fourth-order valence-electron chi connectivity index (χ4n) is 9.28. The molecule has 0 aliphatic heterocycles. The quantitative estimate of drug-likeness (QED) is 0.172. The molecule has 0 spiro atoms. The molecule has 0 fully saturated rings. The van der Waals surface area contributed by atoms with E-state index in [1.54, 1.807) is 36.4 Å². The molecule has 0 bridgehead atoms. The van der Waals surface area contributed by atoms with Gasteiger partial charge in [0.15, 0.2) is 0 Å². The largest absolute Gasteiger partial charge is 0.416 e. The van der Waals surface area contributed by atoms with Crippen LogP contribution in [0.5, 0.6) is 0 Å². The highest BCUT2D eigenvalue weighted by Gasteiger charge is 2.32. The van der Waals surface area contributed by atoms with Crippen LogP contribution < -0.4 is 10.6 Å². The van der Waals surface area contributed by atoms with E-state index in [-0.39, 0.29) is 39.1 Å². The number of hydrogen-bond donors (Lipinski definition) is 0. The number of fused-ring (bicyclic) bond motifs is 6. The molecule has 8 nitrogen and oxygen atoms in total. The summed E-state index contributed by atoms with van der Waals surface area (Å²) in [6.07, 6.45) is 5.33. The fraction of sp³-hybridized carbons (Fsp3) is 0.0545. The summed E-state index contributed by atoms with van der Waals surface area (Å²) in [5, 5.41) is 65.0. The SMILES string of the molecule is N#CC1=CC(=c2ccc3c4c(n(-c5ccc(-c6cc(C#N)cc(C(F)(F)F)c6)c(-n6c7ccccc7c7ccc(-c8cc(C#N)cc(C#N)c8)cc76)c5C#N)c3c2)=CC=CC4)CC(C#N)=C1. The van der Waals surface area contributed by atoms with Gasteiger partial charge in [-0.1, -0.05) is 60.7 Å². The number of para-hydroxylation sites is 1. The van der Waals surface area contributed by atoms with Crippen molar-refractivity contribution in [2.24, 2.45) is 0 Å². The van der Waals surface area contributed by atoms with Crippen molar-refractivity contribution in [1.29, 1.82) is 31.6 Å². The Labute approximate surface area is 374 Å². The van der Waals surface area contributed by atoms with Crippen LogP contribution in [0.2, 0.25) is 0 Å². The first-order valence-electron chi connectivity index (χ1n) is 20.5. The summed E-state index contributed by atoms with van der Waals surface area (Å²) in [4.78, 5) is 0. The molecule has 66 heavy (non-hydrogen) atoms. The third-order valence-electron chi connectivity index (χ3n) is 12.1. The second-order valence-electron chi connectivity index (χ2n) is 15.9. The normalized spacial score (nSPS) is 13.9. The number of benzene rings is 6. The Morgan fingerprint density at radius 2 is 1.27 bits per heavy atom. The second kappa shape index (κ2) is 15.6. The summed E-state index contributed by atoms with van der Waals surface area (Å²) in [7, 11) is 0. The first-order valence-corrected chi connectivity index (χ1v) is 20.5. The number of rotatable bonds is 4. The van der Waals surface area contributed by atoms with Gasteiger partial charge in [0.25, 0.3) is 0 Å². The molecule has 0 N–H and O–H groups in total. The summed E-state index contributed by atoms with van der Waals surface area (Å²) >= 11 is 0. The van der Waals surface area contributed by atoms with Gasteiger partial charge in [-0.2, -0.15) is 44.7 Å². The van der Waals surface area contributed by atoms with Gasteiger partial charge in [-0.15, -0.1) is 0 Å². The van der Waals surface area contributed by atoms with Crippen molar-refractivity contribution < 1.29 is 13.2 Å². The predicted octanol–water partition coefficient (Wildman–Crippen LogP) is 10.9. The molecule has 10 rings (SSSR count). The number of hydrogen-bond acceptors (Lipinski definition) is 6. The lowest BCUT2D eigenvalue weighted by atomic mass is 9.94. The zero-order valence-corrected chi connectivity index (χ0v) is 34.4. The van der Waals surface area contributed by atoms with Crippen molar-refractivity contribution in [1.82, 2.24) is 9.13 Å². The molecule has 0 saturated carbocycles. The van der Waals surface area contributed by atoms with Crippen LogP contribution in [0.4, 0.5) is 13.2 Å². The van der Waals surface area contributed by atoms with Crippen molar-refractivity contribution in [3.8, 4) is 70.0 Å². The van der Waals surface area contributed by atoms with Crippen LogP contribution in [0.15, 0.2) is 145 Å². The van der Waals surface area contributed by atoms with E-state index in [0.29, 0.717) is 51.8 Å². The molecule has 6 aromatic carbocycles. The van der Waals surface area contributed by atoms with Crippen LogP contribution in [0.1, 0.15) is 39.8 Å². The highest BCUT2D eigenvalue weighted by molar-refractivity contribution is 6.11. The molecule has 8 aromatic rings. The third kappa shape index (κ3) is 6.58. The minimum atomic E-state index is -4.80. The molecule has 0 unspecified atom stereocenters. The molecule has 2 aliphatic rings. The highest BCUT2D eigenvalue weighted by Crippen LogP contribution is 2.43. The number of alkyl halides is 3. The maximum Gasteiger partial charge on any atom is 0.416 e. The van der Waals surface area contributed by atoms with Crippen molar-refractivity contribution >= 4 is 44.4 Å². The Balaban J connectivity index is 1.36. The average molecular weight is 857 g/mol. The fourth-order valence-corrected chi connectivity index (χ4v) is 9.28. The van der Waals surface area contributed by atoms with Crippen molar-refractivity contribution in [3.63, 3.8) is 0 Å². The summed E-state index contributed by atoms with van der Waals surface area (Å²) in [6.45, 7) is 0. The maximum absolute atomic E-state index is 14.6. The molecule has 308 valence electrons. The van der Waals surface area contributed by atoms with Crippen molar-refractivity contribution in [2.45, 2.75) is 19.0 Å². The Morgan fingerprint density at radius 1 is 0.561 bits per heavy atom. The molecular formula is C55H27F3N8. The Hall–Kier alpha value is -9.65. The summed E-state index contributed by atoms with van der Waals surface area (Å²) in [6, 6.07) is 43.5. The third-order valence-corrected chi connectivity index (χ3v) is 12.1. The zero-order valence-electron chi connectivity index (χ0n) is 34.4. The van der Waals surface area contributed by atoms with Crippen LogP contribution in [0.25, 0.3) is 78.0 Å². The molecule has 2 aliphatic carbocycles. The van der Waals surface area contributed by atoms with E-state index in [0.717, 1.165) is 55.5 Å². The summed E-state index contributed by atoms with van der Waals surface area (Å²) in [5.41, 5.74) is 6.17. The predicted molar refractivity (Wildman–Crippen MR) is 244 cm³/mol. The molecule has 2 aromatic heterocycles. The van der Waals surface area contributed by atoms with Crippen LogP contribution in [-0.2, 0) is 12.6 Å². The van der Waals surface area contributed by atoms with Gasteiger partial charge in [0.05, 0.1) is 91.4 Å². The molecule has 0 saturated heterocycles. The van der Waals surface area contributed by atoms with Crippen LogP contribution in [0, 0.1) is 68.0 Å². The van der Waals surface area contributed by atoms with Gasteiger partial charge >= 0.3 is 6.18 Å². The number of nitrogens with zero attached hydrogens (tertiary/aromatic N) is 8. The number of halogens is 3. The Kier molecular flexibility index (Phi) is 9.56.